The molecule has 0 saturated heterocycles. The number of benzene rings is 1. The van der Waals surface area contributed by atoms with E-state index < -0.39 is 0 Å². The zero-order valence-corrected chi connectivity index (χ0v) is 9.83. The van der Waals surface area contributed by atoms with Gasteiger partial charge in [0, 0.05) is 13.1 Å². The van der Waals surface area contributed by atoms with Crippen LogP contribution in [0.1, 0.15) is 5.56 Å². The molecule has 5 heteroatoms. The van der Waals surface area contributed by atoms with Gasteiger partial charge in [-0.25, -0.2) is 0 Å². The predicted molar refractivity (Wildman–Crippen MR) is 61.0 cm³/mol. The van der Waals surface area contributed by atoms with Crippen LogP contribution in [0.25, 0.3) is 0 Å². The lowest BCUT2D eigenvalue weighted by Gasteiger charge is -2.15. The fourth-order valence-electron chi connectivity index (χ4n) is 1.67. The summed E-state index contributed by atoms with van der Waals surface area (Å²) in [5, 5.41) is 9.38. The molecule has 1 aliphatic rings. The molecule has 0 bridgehead atoms. The van der Waals surface area contributed by atoms with Crippen molar-refractivity contribution in [1.29, 1.82) is 0 Å². The molecule has 0 spiro atoms. The number of hydrogen-bond acceptors (Lipinski definition) is 4. The molecule has 0 saturated carbocycles. The predicted octanol–water partition coefficient (Wildman–Crippen LogP) is 1.49. The highest BCUT2D eigenvalue weighted by molar-refractivity contribution is 6.32. The van der Waals surface area contributed by atoms with Crippen LogP contribution in [0, 0.1) is 0 Å². The van der Waals surface area contributed by atoms with Gasteiger partial charge < -0.3 is 14.6 Å². The van der Waals surface area contributed by atoms with Gasteiger partial charge in [0.25, 0.3) is 0 Å². The maximum atomic E-state index is 8.81. The number of nitrogens with zero attached hydrogens (tertiary/aromatic N) is 1. The summed E-state index contributed by atoms with van der Waals surface area (Å²) < 4.78 is 10.5. The lowest BCUT2D eigenvalue weighted by molar-refractivity contribution is 0.174. The molecule has 1 aromatic carbocycles. The first-order valence-electron chi connectivity index (χ1n) is 5.08. The fraction of sp³-hybridized carbons (Fsp3) is 0.455. The Kier molecular flexibility index (Phi) is 3.53. The highest BCUT2D eigenvalue weighted by atomic mass is 35.5. The number of rotatable bonds is 4. The number of aliphatic hydroxyl groups is 1. The van der Waals surface area contributed by atoms with Crippen LogP contribution >= 0.6 is 11.6 Å². The Morgan fingerprint density at radius 3 is 3.00 bits per heavy atom. The number of aliphatic hydroxyl groups excluding tert-OH is 1. The van der Waals surface area contributed by atoms with Crippen molar-refractivity contribution in [3.8, 4) is 11.5 Å². The zero-order valence-electron chi connectivity index (χ0n) is 9.07. The van der Waals surface area contributed by atoms with E-state index in [1.54, 1.807) is 0 Å². The van der Waals surface area contributed by atoms with Gasteiger partial charge in [0.15, 0.2) is 11.5 Å². The van der Waals surface area contributed by atoms with E-state index in [1.165, 1.54) is 0 Å². The van der Waals surface area contributed by atoms with Crippen molar-refractivity contribution in [2.24, 2.45) is 0 Å². The third-order valence-electron chi connectivity index (χ3n) is 2.42. The third kappa shape index (κ3) is 2.40. The van der Waals surface area contributed by atoms with Crippen LogP contribution in [0.2, 0.25) is 5.02 Å². The van der Waals surface area contributed by atoms with Crippen molar-refractivity contribution in [2.45, 2.75) is 6.54 Å². The van der Waals surface area contributed by atoms with Crippen molar-refractivity contribution < 1.29 is 14.6 Å². The molecular formula is C11H14ClNO3. The second-order valence-electron chi connectivity index (χ2n) is 3.77. The van der Waals surface area contributed by atoms with E-state index in [4.69, 9.17) is 26.2 Å². The van der Waals surface area contributed by atoms with E-state index in [-0.39, 0.29) is 13.4 Å². The molecule has 0 aromatic heterocycles. The second-order valence-corrected chi connectivity index (χ2v) is 4.18. The summed E-state index contributed by atoms with van der Waals surface area (Å²) in [6, 6.07) is 3.78. The Bertz CT molecular complexity index is 384. The molecule has 0 atom stereocenters. The number of likely N-dealkylation sites (N-methyl/N-ethyl adjacent to an activating group) is 1. The van der Waals surface area contributed by atoms with Gasteiger partial charge in [0.2, 0.25) is 6.79 Å². The van der Waals surface area contributed by atoms with E-state index >= 15 is 0 Å². The van der Waals surface area contributed by atoms with Crippen molar-refractivity contribution in [3.05, 3.63) is 22.7 Å². The number of ether oxygens (including phenoxy) is 2. The van der Waals surface area contributed by atoms with Crippen molar-refractivity contribution >= 4 is 11.6 Å². The molecule has 16 heavy (non-hydrogen) atoms. The molecular weight excluding hydrogens is 230 g/mol. The molecule has 0 radical (unpaired) electrons. The summed E-state index contributed by atoms with van der Waals surface area (Å²) in [6.07, 6.45) is 0. The Labute approximate surface area is 99.3 Å². The molecule has 1 N–H and O–H groups in total. The van der Waals surface area contributed by atoms with E-state index in [1.807, 2.05) is 24.1 Å². The first-order valence-corrected chi connectivity index (χ1v) is 5.46. The fourth-order valence-corrected chi connectivity index (χ4v) is 1.96. The average Bonchev–Trinajstić information content (AvgIpc) is 2.66. The highest BCUT2D eigenvalue weighted by Crippen LogP contribution is 2.39. The van der Waals surface area contributed by atoms with Crippen LogP contribution in [-0.4, -0.2) is 37.0 Å². The Balaban J connectivity index is 2.14. The van der Waals surface area contributed by atoms with Gasteiger partial charge in [-0.15, -0.1) is 0 Å². The number of halogens is 1. The van der Waals surface area contributed by atoms with Crippen LogP contribution in [-0.2, 0) is 6.54 Å². The van der Waals surface area contributed by atoms with Crippen LogP contribution in [0.3, 0.4) is 0 Å². The van der Waals surface area contributed by atoms with Crippen molar-refractivity contribution in [1.82, 2.24) is 4.90 Å². The minimum atomic E-state index is 0.148. The summed E-state index contributed by atoms with van der Waals surface area (Å²) in [5.74, 6) is 1.31. The molecule has 1 heterocycles. The van der Waals surface area contributed by atoms with Crippen LogP contribution < -0.4 is 9.47 Å². The molecule has 1 aliphatic heterocycles. The average molecular weight is 244 g/mol. The molecule has 1 aromatic rings. The Morgan fingerprint density at radius 1 is 1.44 bits per heavy atom. The monoisotopic (exact) mass is 243 g/mol. The minimum absolute atomic E-state index is 0.148. The zero-order chi connectivity index (χ0) is 11.5. The molecule has 88 valence electrons. The SMILES string of the molecule is CN(CCO)Cc1cc(Cl)c2c(c1)OCO2. The smallest absolute Gasteiger partial charge is 0.231 e. The first kappa shape index (κ1) is 11.5. The summed E-state index contributed by atoms with van der Waals surface area (Å²) in [5.41, 5.74) is 1.05. The molecule has 2 rings (SSSR count). The highest BCUT2D eigenvalue weighted by Gasteiger charge is 2.18. The standard InChI is InChI=1S/C11H14ClNO3/c1-13(2-3-14)6-8-4-9(12)11-10(5-8)15-7-16-11/h4-5,14H,2-3,6-7H2,1H3. The summed E-state index contributed by atoms with van der Waals surface area (Å²) in [6.45, 7) is 1.72. The van der Waals surface area contributed by atoms with E-state index in [2.05, 4.69) is 0 Å². The van der Waals surface area contributed by atoms with E-state index in [0.717, 1.165) is 12.1 Å². The van der Waals surface area contributed by atoms with Crippen molar-refractivity contribution in [2.75, 3.05) is 27.0 Å². The Hall–Kier alpha value is -0.970. The van der Waals surface area contributed by atoms with E-state index in [9.17, 15) is 0 Å². The van der Waals surface area contributed by atoms with Crippen LogP contribution in [0.4, 0.5) is 0 Å². The number of fused-ring (bicyclic) bond motifs is 1. The number of hydrogen-bond donors (Lipinski definition) is 1. The second kappa shape index (κ2) is 4.91. The summed E-state index contributed by atoms with van der Waals surface area (Å²) in [4.78, 5) is 2.01. The normalized spacial score (nSPS) is 13.5. The summed E-state index contributed by atoms with van der Waals surface area (Å²) >= 11 is 6.06. The van der Waals surface area contributed by atoms with Crippen LogP contribution in [0.15, 0.2) is 12.1 Å². The van der Waals surface area contributed by atoms with Gasteiger partial charge in [-0.3, -0.25) is 4.90 Å². The van der Waals surface area contributed by atoms with Gasteiger partial charge in [-0.05, 0) is 24.7 Å². The molecule has 0 aliphatic carbocycles. The minimum Gasteiger partial charge on any atom is -0.454 e. The lowest BCUT2D eigenvalue weighted by Crippen LogP contribution is -2.21. The lowest BCUT2D eigenvalue weighted by atomic mass is 10.2. The maximum Gasteiger partial charge on any atom is 0.231 e. The quantitative estimate of drug-likeness (QED) is 0.870. The van der Waals surface area contributed by atoms with Crippen LogP contribution in [0.5, 0.6) is 11.5 Å². The van der Waals surface area contributed by atoms with Gasteiger partial charge in [-0.2, -0.15) is 0 Å². The van der Waals surface area contributed by atoms with Gasteiger partial charge in [-0.1, -0.05) is 11.6 Å². The Morgan fingerprint density at radius 2 is 2.25 bits per heavy atom. The van der Waals surface area contributed by atoms with Gasteiger partial charge in [0.05, 0.1) is 11.6 Å². The van der Waals surface area contributed by atoms with Gasteiger partial charge in [0.1, 0.15) is 0 Å². The summed E-state index contributed by atoms with van der Waals surface area (Å²) in [7, 11) is 1.94. The topological polar surface area (TPSA) is 41.9 Å². The van der Waals surface area contributed by atoms with Crippen molar-refractivity contribution in [3.63, 3.8) is 0 Å². The third-order valence-corrected chi connectivity index (χ3v) is 2.70. The van der Waals surface area contributed by atoms with Gasteiger partial charge >= 0.3 is 0 Å². The molecule has 0 unspecified atom stereocenters. The maximum absolute atomic E-state index is 8.81. The van der Waals surface area contributed by atoms with E-state index in [0.29, 0.717) is 23.1 Å². The molecule has 4 nitrogen and oxygen atoms in total. The molecule has 0 amide bonds. The largest absolute Gasteiger partial charge is 0.454 e. The molecule has 0 fully saturated rings. The first-order chi connectivity index (χ1) is 7.70.